The molecule has 0 fully saturated rings. The molecule has 0 bridgehead atoms. The average Bonchev–Trinajstić information content (AvgIpc) is 2.85. The van der Waals surface area contributed by atoms with Crippen LogP contribution in [0, 0.1) is 0 Å². The molecule has 1 aromatic heterocycles. The van der Waals surface area contributed by atoms with Crippen molar-refractivity contribution in [2.24, 2.45) is 7.05 Å². The van der Waals surface area contributed by atoms with Crippen LogP contribution < -0.4 is 5.32 Å². The number of nitrogens with one attached hydrogen (secondary N) is 1. The molecule has 21 heavy (non-hydrogen) atoms. The lowest BCUT2D eigenvalue weighted by molar-refractivity contribution is 0.235. The summed E-state index contributed by atoms with van der Waals surface area (Å²) < 4.78 is 49.9. The van der Waals surface area contributed by atoms with E-state index < -0.39 is 20.5 Å². The Morgan fingerprint density at radius 1 is 1.33 bits per heavy atom. The van der Waals surface area contributed by atoms with E-state index in [2.05, 4.69) is 15.4 Å². The number of rotatable bonds is 6. The minimum Gasteiger partial charge on any atom is -0.384 e. The van der Waals surface area contributed by atoms with Crippen molar-refractivity contribution >= 4 is 15.5 Å². The van der Waals surface area contributed by atoms with E-state index >= 15 is 0 Å². The summed E-state index contributed by atoms with van der Waals surface area (Å²) in [5, 5.41) is 6.90. The minimum absolute atomic E-state index is 0.147. The molecule has 1 heterocycles. The number of para-hydroxylation sites is 1. The van der Waals surface area contributed by atoms with Crippen LogP contribution in [-0.4, -0.2) is 35.5 Å². The van der Waals surface area contributed by atoms with Gasteiger partial charge in [-0.15, -0.1) is 0 Å². The van der Waals surface area contributed by atoms with Gasteiger partial charge >= 0.3 is 5.76 Å². The van der Waals surface area contributed by atoms with Crippen LogP contribution in [0.1, 0.15) is 5.82 Å². The van der Waals surface area contributed by atoms with Crippen molar-refractivity contribution in [1.29, 1.82) is 0 Å². The smallest absolute Gasteiger partial charge is 0.341 e. The van der Waals surface area contributed by atoms with Gasteiger partial charge in [0, 0.05) is 20.0 Å². The number of alkyl halides is 2. The molecule has 0 amide bonds. The summed E-state index contributed by atoms with van der Waals surface area (Å²) in [6.07, 6.45) is 1.99. The minimum atomic E-state index is -4.63. The molecular weight excluding hydrogens is 302 g/mol. The predicted molar refractivity (Wildman–Crippen MR) is 72.8 cm³/mol. The second-order valence-corrected chi connectivity index (χ2v) is 6.20. The van der Waals surface area contributed by atoms with Gasteiger partial charge in [0.25, 0.3) is 0 Å². The zero-order valence-electron chi connectivity index (χ0n) is 11.2. The van der Waals surface area contributed by atoms with Gasteiger partial charge in [0.05, 0.1) is 10.6 Å². The highest BCUT2D eigenvalue weighted by atomic mass is 32.2. The molecule has 0 aliphatic rings. The molecule has 9 heteroatoms. The number of anilines is 1. The fourth-order valence-corrected chi connectivity index (χ4v) is 2.67. The molecule has 1 aromatic carbocycles. The van der Waals surface area contributed by atoms with Crippen LogP contribution in [0.25, 0.3) is 0 Å². The van der Waals surface area contributed by atoms with Gasteiger partial charge in [0.1, 0.15) is 6.33 Å². The Morgan fingerprint density at radius 3 is 2.67 bits per heavy atom. The van der Waals surface area contributed by atoms with E-state index in [0.717, 1.165) is 6.07 Å². The zero-order valence-corrected chi connectivity index (χ0v) is 12.0. The highest BCUT2D eigenvalue weighted by molar-refractivity contribution is 7.91. The van der Waals surface area contributed by atoms with Gasteiger partial charge in [-0.25, -0.2) is 13.4 Å². The number of hydrogen-bond acceptors (Lipinski definition) is 5. The van der Waals surface area contributed by atoms with Crippen LogP contribution in [0.5, 0.6) is 0 Å². The molecule has 0 aliphatic carbocycles. The first-order valence-corrected chi connectivity index (χ1v) is 7.65. The van der Waals surface area contributed by atoms with Gasteiger partial charge < -0.3 is 5.32 Å². The molecule has 2 aromatic rings. The SMILES string of the molecule is Cn1cnc(CCNc2ccccc2S(=O)(=O)C(F)F)n1. The summed E-state index contributed by atoms with van der Waals surface area (Å²) in [6.45, 7) is 0.333. The predicted octanol–water partition coefficient (Wildman–Crippen LogP) is 1.47. The number of aromatic nitrogens is 3. The van der Waals surface area contributed by atoms with Crippen LogP contribution in [0.3, 0.4) is 0 Å². The molecular formula is C12H14F2N4O2S. The monoisotopic (exact) mass is 316 g/mol. The Kier molecular flexibility index (Phi) is 4.51. The van der Waals surface area contributed by atoms with Gasteiger partial charge in [-0.2, -0.15) is 13.9 Å². The van der Waals surface area contributed by atoms with Crippen molar-refractivity contribution in [3.63, 3.8) is 0 Å². The van der Waals surface area contributed by atoms with Gasteiger partial charge in [-0.05, 0) is 12.1 Å². The third-order valence-corrected chi connectivity index (χ3v) is 4.18. The van der Waals surface area contributed by atoms with Crippen molar-refractivity contribution < 1.29 is 17.2 Å². The Balaban J connectivity index is 2.10. The van der Waals surface area contributed by atoms with Gasteiger partial charge in [-0.1, -0.05) is 12.1 Å². The Labute approximate surface area is 120 Å². The first-order chi connectivity index (χ1) is 9.91. The van der Waals surface area contributed by atoms with Gasteiger partial charge in [0.2, 0.25) is 9.84 Å². The molecule has 0 saturated carbocycles. The lowest BCUT2D eigenvalue weighted by Crippen LogP contribution is -2.15. The number of sulfone groups is 1. The second kappa shape index (κ2) is 6.17. The Morgan fingerprint density at radius 2 is 2.05 bits per heavy atom. The largest absolute Gasteiger partial charge is 0.384 e. The van der Waals surface area contributed by atoms with E-state index in [1.165, 1.54) is 12.1 Å². The van der Waals surface area contributed by atoms with Gasteiger partial charge in [0.15, 0.2) is 5.82 Å². The maximum atomic E-state index is 12.6. The number of benzene rings is 1. The molecule has 0 atom stereocenters. The topological polar surface area (TPSA) is 76.9 Å². The highest BCUT2D eigenvalue weighted by Gasteiger charge is 2.28. The lowest BCUT2D eigenvalue weighted by atomic mass is 10.3. The highest BCUT2D eigenvalue weighted by Crippen LogP contribution is 2.25. The summed E-state index contributed by atoms with van der Waals surface area (Å²) >= 11 is 0. The van der Waals surface area contributed by atoms with Crippen molar-refractivity contribution in [3.05, 3.63) is 36.4 Å². The van der Waals surface area contributed by atoms with Gasteiger partial charge in [-0.3, -0.25) is 4.68 Å². The zero-order chi connectivity index (χ0) is 15.5. The quantitative estimate of drug-likeness (QED) is 0.873. The summed E-state index contributed by atoms with van der Waals surface area (Å²) in [7, 11) is -2.90. The molecule has 6 nitrogen and oxygen atoms in total. The normalized spacial score (nSPS) is 11.8. The number of nitrogens with zero attached hydrogens (tertiary/aromatic N) is 3. The lowest BCUT2D eigenvalue weighted by Gasteiger charge is -2.11. The van der Waals surface area contributed by atoms with E-state index in [1.807, 2.05) is 0 Å². The third-order valence-electron chi connectivity index (χ3n) is 2.74. The molecule has 0 radical (unpaired) electrons. The molecule has 2 rings (SSSR count). The Bertz CT molecular complexity index is 716. The number of halogens is 2. The van der Waals surface area contributed by atoms with Crippen molar-refractivity contribution in [2.45, 2.75) is 17.1 Å². The summed E-state index contributed by atoms with van der Waals surface area (Å²) in [4.78, 5) is 3.61. The van der Waals surface area contributed by atoms with E-state index in [9.17, 15) is 17.2 Å². The van der Waals surface area contributed by atoms with Crippen molar-refractivity contribution in [3.8, 4) is 0 Å². The number of aryl methyl sites for hydroxylation is 1. The average molecular weight is 316 g/mol. The third kappa shape index (κ3) is 3.54. The van der Waals surface area contributed by atoms with E-state index in [-0.39, 0.29) is 5.69 Å². The van der Waals surface area contributed by atoms with E-state index in [0.29, 0.717) is 18.8 Å². The summed E-state index contributed by atoms with van der Waals surface area (Å²) in [5.74, 6) is -2.86. The second-order valence-electron chi connectivity index (χ2n) is 4.31. The summed E-state index contributed by atoms with van der Waals surface area (Å²) in [5.41, 5.74) is 0.147. The molecule has 0 unspecified atom stereocenters. The van der Waals surface area contributed by atoms with Crippen LogP contribution >= 0.6 is 0 Å². The van der Waals surface area contributed by atoms with E-state index in [4.69, 9.17) is 0 Å². The molecule has 0 saturated heterocycles. The van der Waals surface area contributed by atoms with E-state index in [1.54, 1.807) is 24.1 Å². The fraction of sp³-hybridized carbons (Fsp3) is 0.333. The van der Waals surface area contributed by atoms with Crippen LogP contribution in [0.4, 0.5) is 14.5 Å². The molecule has 1 N–H and O–H groups in total. The Hall–Kier alpha value is -2.03. The first-order valence-electron chi connectivity index (χ1n) is 6.10. The van der Waals surface area contributed by atoms with Crippen LogP contribution in [0.2, 0.25) is 0 Å². The number of hydrogen-bond donors (Lipinski definition) is 1. The molecule has 0 spiro atoms. The van der Waals surface area contributed by atoms with Crippen LogP contribution in [-0.2, 0) is 23.3 Å². The van der Waals surface area contributed by atoms with Crippen LogP contribution in [0.15, 0.2) is 35.5 Å². The van der Waals surface area contributed by atoms with Crippen molar-refractivity contribution in [1.82, 2.24) is 14.8 Å². The standard InChI is InChI=1S/C12H14F2N4O2S/c1-18-8-16-11(17-18)6-7-15-9-4-2-3-5-10(9)21(19,20)12(13)14/h2-5,8,12,15H,6-7H2,1H3. The maximum Gasteiger partial charge on any atom is 0.341 e. The first kappa shape index (κ1) is 15.4. The molecule has 114 valence electrons. The fourth-order valence-electron chi connectivity index (χ4n) is 1.76. The molecule has 0 aliphatic heterocycles. The summed E-state index contributed by atoms with van der Waals surface area (Å²) in [6, 6.07) is 5.58. The van der Waals surface area contributed by atoms with Crippen molar-refractivity contribution in [2.75, 3.05) is 11.9 Å². The maximum absolute atomic E-state index is 12.6.